The first-order chi connectivity index (χ1) is 17.3. The Morgan fingerprint density at radius 3 is 2.50 bits per heavy atom. The monoisotopic (exact) mass is 507 g/mol. The summed E-state index contributed by atoms with van der Waals surface area (Å²) in [6, 6.07) is 13.9. The Bertz CT molecular complexity index is 1320. The minimum atomic E-state index is -0.850. The number of hydrogen-bond acceptors (Lipinski definition) is 8. The summed E-state index contributed by atoms with van der Waals surface area (Å²) < 4.78 is 11.0. The van der Waals surface area contributed by atoms with E-state index in [0.717, 1.165) is 5.56 Å². The van der Waals surface area contributed by atoms with Crippen molar-refractivity contribution in [1.29, 1.82) is 0 Å². The minimum absolute atomic E-state index is 0.0108. The van der Waals surface area contributed by atoms with Crippen molar-refractivity contribution in [3.63, 3.8) is 0 Å². The van der Waals surface area contributed by atoms with Gasteiger partial charge in [0.2, 0.25) is 5.78 Å². The van der Waals surface area contributed by atoms with Gasteiger partial charge in [0, 0.05) is 24.2 Å². The lowest BCUT2D eigenvalue weighted by Gasteiger charge is -2.29. The maximum absolute atomic E-state index is 14.0. The molecule has 188 valence electrons. The molecule has 9 heteroatoms. The molecule has 0 saturated carbocycles. The lowest BCUT2D eigenvalue weighted by molar-refractivity contribution is -0.129. The van der Waals surface area contributed by atoms with Crippen LogP contribution in [0.4, 0.5) is 0 Å². The normalized spacial score (nSPS) is 15.7. The van der Waals surface area contributed by atoms with Crippen LogP contribution in [0, 0.1) is 6.92 Å². The topological polar surface area (TPSA) is 92.2 Å². The molecule has 1 aliphatic rings. The van der Waals surface area contributed by atoms with Crippen molar-refractivity contribution >= 4 is 23.0 Å². The largest absolute Gasteiger partial charge is 0.503 e. The highest BCUT2D eigenvalue weighted by Gasteiger charge is 2.45. The lowest BCUT2D eigenvalue weighted by Crippen LogP contribution is -2.36. The number of aliphatic hydroxyl groups is 1. The summed E-state index contributed by atoms with van der Waals surface area (Å²) in [5.41, 5.74) is 2.00. The Morgan fingerprint density at radius 1 is 1.14 bits per heavy atom. The predicted molar refractivity (Wildman–Crippen MR) is 139 cm³/mol. The SMILES string of the molecule is COc1ccc(OC)c(C2C(C(=O)c3sc(-c4ccccc4)nc3C)=C(O)C(=O)N2CCN(C)C)c1. The summed E-state index contributed by atoms with van der Waals surface area (Å²) in [5, 5.41) is 11.7. The van der Waals surface area contributed by atoms with Crippen LogP contribution in [0.3, 0.4) is 0 Å². The fraction of sp³-hybridized carbons (Fsp3) is 0.296. The number of ether oxygens (including phenoxy) is 2. The standard InChI is InChI=1S/C27H29N3O5S/c1-16-25(36-26(28-16)17-9-7-6-8-10-17)23(31)21-22(19-15-18(34-4)11-12-20(19)35-5)30(14-13-29(2)3)27(33)24(21)32/h6-12,15,22,32H,13-14H2,1-5H3. The van der Waals surface area contributed by atoms with Gasteiger partial charge in [0.15, 0.2) is 5.76 Å². The van der Waals surface area contributed by atoms with Crippen molar-refractivity contribution in [3.05, 3.63) is 76.0 Å². The van der Waals surface area contributed by atoms with Crippen LogP contribution in [0.15, 0.2) is 59.9 Å². The summed E-state index contributed by atoms with van der Waals surface area (Å²) >= 11 is 1.25. The highest BCUT2D eigenvalue weighted by molar-refractivity contribution is 7.17. The van der Waals surface area contributed by atoms with Crippen molar-refractivity contribution < 1.29 is 24.2 Å². The molecule has 1 atom stereocenters. The Labute approximate surface area is 214 Å². The van der Waals surface area contributed by atoms with Gasteiger partial charge in [-0.25, -0.2) is 4.98 Å². The number of rotatable bonds is 9. The number of aryl methyl sites for hydroxylation is 1. The maximum atomic E-state index is 14.0. The summed E-state index contributed by atoms with van der Waals surface area (Å²) in [4.78, 5) is 35.7. The van der Waals surface area contributed by atoms with Gasteiger partial charge >= 0.3 is 0 Å². The summed E-state index contributed by atoms with van der Waals surface area (Å²) in [5.74, 6) is -0.553. The molecule has 0 fully saturated rings. The van der Waals surface area contributed by atoms with Crippen LogP contribution >= 0.6 is 11.3 Å². The Kier molecular flexibility index (Phi) is 7.42. The van der Waals surface area contributed by atoms with Crippen molar-refractivity contribution in [1.82, 2.24) is 14.8 Å². The molecule has 0 bridgehead atoms. The van der Waals surface area contributed by atoms with Gasteiger partial charge in [0.1, 0.15) is 16.5 Å². The highest BCUT2D eigenvalue weighted by atomic mass is 32.1. The maximum Gasteiger partial charge on any atom is 0.290 e. The fourth-order valence-corrected chi connectivity index (χ4v) is 5.26. The number of Topliss-reactive ketones (excluding diaryl/α,β-unsaturated/α-hetero) is 1. The van der Waals surface area contributed by atoms with Crippen molar-refractivity contribution in [2.24, 2.45) is 0 Å². The molecular formula is C27H29N3O5S. The first kappa shape index (κ1) is 25.4. The number of carbonyl (C=O) groups is 2. The second-order valence-electron chi connectivity index (χ2n) is 8.70. The number of amides is 1. The van der Waals surface area contributed by atoms with E-state index in [1.54, 1.807) is 32.2 Å². The number of thiazole rings is 1. The van der Waals surface area contributed by atoms with Crippen LogP contribution in [0.2, 0.25) is 0 Å². The van der Waals surface area contributed by atoms with Crippen LogP contribution in [-0.2, 0) is 4.79 Å². The molecule has 0 spiro atoms. The van der Waals surface area contributed by atoms with Gasteiger partial charge in [-0.05, 0) is 39.2 Å². The highest BCUT2D eigenvalue weighted by Crippen LogP contribution is 2.44. The first-order valence-electron chi connectivity index (χ1n) is 11.4. The van der Waals surface area contributed by atoms with E-state index >= 15 is 0 Å². The van der Waals surface area contributed by atoms with Gasteiger partial charge in [-0.3, -0.25) is 9.59 Å². The van der Waals surface area contributed by atoms with Crippen molar-refractivity contribution in [2.45, 2.75) is 13.0 Å². The van der Waals surface area contributed by atoms with Gasteiger partial charge in [0.25, 0.3) is 5.91 Å². The molecule has 1 aliphatic heterocycles. The summed E-state index contributed by atoms with van der Waals surface area (Å²) in [6.45, 7) is 2.60. The third-order valence-corrected chi connectivity index (χ3v) is 7.30. The Hall–Kier alpha value is -3.69. The Balaban J connectivity index is 1.84. The molecule has 3 aromatic rings. The van der Waals surface area contributed by atoms with Crippen molar-refractivity contribution in [2.75, 3.05) is 41.4 Å². The van der Waals surface area contributed by atoms with Crippen LogP contribution in [0.25, 0.3) is 10.6 Å². The van der Waals surface area contributed by atoms with Crippen molar-refractivity contribution in [3.8, 4) is 22.1 Å². The average molecular weight is 508 g/mol. The zero-order valence-electron chi connectivity index (χ0n) is 20.9. The molecule has 1 amide bonds. The molecule has 0 aliphatic carbocycles. The lowest BCUT2D eigenvalue weighted by atomic mass is 9.94. The van der Waals surface area contributed by atoms with Gasteiger partial charge < -0.3 is 24.4 Å². The number of ketones is 1. The molecule has 1 N–H and O–H groups in total. The van der Waals surface area contributed by atoms with E-state index in [4.69, 9.17) is 9.47 Å². The van der Waals surface area contributed by atoms with E-state index < -0.39 is 23.5 Å². The van der Waals surface area contributed by atoms with E-state index in [1.807, 2.05) is 49.3 Å². The molecule has 36 heavy (non-hydrogen) atoms. The van der Waals surface area contributed by atoms with E-state index in [0.29, 0.717) is 45.7 Å². The van der Waals surface area contributed by atoms with Crippen LogP contribution in [0.5, 0.6) is 11.5 Å². The summed E-state index contributed by atoms with van der Waals surface area (Å²) in [6.07, 6.45) is 0. The number of nitrogens with zero attached hydrogens (tertiary/aromatic N) is 3. The second-order valence-corrected chi connectivity index (χ2v) is 9.70. The van der Waals surface area contributed by atoms with Gasteiger partial charge in [-0.2, -0.15) is 0 Å². The molecule has 8 nitrogen and oxygen atoms in total. The zero-order valence-corrected chi connectivity index (χ0v) is 21.8. The van der Waals surface area contributed by atoms with Crippen LogP contribution in [0.1, 0.15) is 27.0 Å². The van der Waals surface area contributed by atoms with Crippen LogP contribution in [-0.4, -0.2) is 73.0 Å². The average Bonchev–Trinajstić information content (AvgIpc) is 3.39. The quantitative estimate of drug-likeness (QED) is 0.432. The number of benzene rings is 2. The van der Waals surface area contributed by atoms with Gasteiger partial charge in [0.05, 0.1) is 36.4 Å². The number of aromatic nitrogens is 1. The summed E-state index contributed by atoms with van der Waals surface area (Å²) in [7, 11) is 6.86. The third kappa shape index (κ3) is 4.72. The second kappa shape index (κ2) is 10.5. The molecular weight excluding hydrogens is 478 g/mol. The number of aliphatic hydroxyl groups excluding tert-OH is 1. The molecule has 1 aromatic heterocycles. The number of methoxy groups -OCH3 is 2. The van der Waals surface area contributed by atoms with Crippen LogP contribution < -0.4 is 9.47 Å². The predicted octanol–water partition coefficient (Wildman–Crippen LogP) is 4.28. The molecule has 1 unspecified atom stereocenters. The van der Waals surface area contributed by atoms with E-state index in [9.17, 15) is 14.7 Å². The van der Waals surface area contributed by atoms with E-state index in [1.165, 1.54) is 23.3 Å². The zero-order chi connectivity index (χ0) is 26.0. The van der Waals surface area contributed by atoms with E-state index in [2.05, 4.69) is 4.98 Å². The number of likely N-dealkylation sites (N-methyl/N-ethyl adjacent to an activating group) is 1. The smallest absolute Gasteiger partial charge is 0.290 e. The molecule has 2 heterocycles. The minimum Gasteiger partial charge on any atom is -0.503 e. The van der Waals surface area contributed by atoms with Gasteiger partial charge in [-0.15, -0.1) is 11.3 Å². The van der Waals surface area contributed by atoms with E-state index in [-0.39, 0.29) is 5.57 Å². The Morgan fingerprint density at radius 2 is 1.86 bits per heavy atom. The third-order valence-electron chi connectivity index (χ3n) is 6.09. The number of hydrogen-bond donors (Lipinski definition) is 1. The van der Waals surface area contributed by atoms with Gasteiger partial charge in [-0.1, -0.05) is 30.3 Å². The molecule has 0 saturated heterocycles. The number of carbonyl (C=O) groups excluding carboxylic acids is 2. The molecule has 0 radical (unpaired) electrons. The molecule has 4 rings (SSSR count). The molecule has 2 aromatic carbocycles. The first-order valence-corrected chi connectivity index (χ1v) is 12.3. The fourth-order valence-electron chi connectivity index (χ4n) is 4.23.